The van der Waals surface area contributed by atoms with Crippen LogP contribution in [0.15, 0.2) is 48.5 Å². The first-order chi connectivity index (χ1) is 12.0. The first-order valence-corrected chi connectivity index (χ1v) is 8.30. The van der Waals surface area contributed by atoms with Crippen LogP contribution in [0.5, 0.6) is 5.75 Å². The van der Waals surface area contributed by atoms with Crippen LogP contribution in [0.1, 0.15) is 36.5 Å². The standard InChI is InChI=1S/C20H24N2O3/c1-14(2)17-10-9-15(3)11-18(17)25-13-20(24)22-21-19(23)12-16-7-5-4-6-8-16/h4-11,14H,12-13H2,1-3H3,(H,21,23)(H,22,24). The monoisotopic (exact) mass is 340 g/mol. The highest BCUT2D eigenvalue weighted by Crippen LogP contribution is 2.27. The minimum atomic E-state index is -0.405. The van der Waals surface area contributed by atoms with Crippen molar-refractivity contribution in [2.24, 2.45) is 0 Å². The lowest BCUT2D eigenvalue weighted by Gasteiger charge is -2.15. The number of nitrogens with one attached hydrogen (secondary N) is 2. The fourth-order valence-corrected chi connectivity index (χ4v) is 2.39. The van der Waals surface area contributed by atoms with Gasteiger partial charge in [0.15, 0.2) is 6.61 Å². The van der Waals surface area contributed by atoms with Crippen molar-refractivity contribution in [3.05, 3.63) is 65.2 Å². The molecule has 5 nitrogen and oxygen atoms in total. The number of amides is 2. The van der Waals surface area contributed by atoms with E-state index in [0.717, 1.165) is 16.7 Å². The molecule has 0 saturated carbocycles. The SMILES string of the molecule is Cc1ccc(C(C)C)c(OCC(=O)NNC(=O)Cc2ccccc2)c1. The summed E-state index contributed by atoms with van der Waals surface area (Å²) in [6.07, 6.45) is 0.206. The summed E-state index contributed by atoms with van der Waals surface area (Å²) < 4.78 is 5.63. The van der Waals surface area contributed by atoms with Crippen molar-refractivity contribution in [1.82, 2.24) is 10.9 Å². The average Bonchev–Trinajstić information content (AvgIpc) is 2.59. The van der Waals surface area contributed by atoms with Crippen LogP contribution in [0.25, 0.3) is 0 Å². The molecule has 0 bridgehead atoms. The van der Waals surface area contributed by atoms with E-state index in [2.05, 4.69) is 24.7 Å². The second kappa shape index (κ2) is 8.87. The Bertz CT molecular complexity index is 727. The van der Waals surface area contributed by atoms with E-state index in [1.54, 1.807) is 0 Å². The maximum absolute atomic E-state index is 11.9. The Labute approximate surface area is 148 Å². The van der Waals surface area contributed by atoms with Crippen molar-refractivity contribution in [1.29, 1.82) is 0 Å². The minimum absolute atomic E-state index is 0.158. The molecular formula is C20H24N2O3. The van der Waals surface area contributed by atoms with Crippen LogP contribution in [0, 0.1) is 6.92 Å². The van der Waals surface area contributed by atoms with Crippen molar-refractivity contribution < 1.29 is 14.3 Å². The zero-order valence-corrected chi connectivity index (χ0v) is 14.8. The lowest BCUT2D eigenvalue weighted by Crippen LogP contribution is -2.44. The summed E-state index contributed by atoms with van der Waals surface area (Å²) in [4.78, 5) is 23.7. The van der Waals surface area contributed by atoms with Crippen LogP contribution in [0.3, 0.4) is 0 Å². The number of benzene rings is 2. The lowest BCUT2D eigenvalue weighted by atomic mass is 10.0. The molecule has 0 fully saturated rings. The predicted molar refractivity (Wildman–Crippen MR) is 97.2 cm³/mol. The fraction of sp³-hybridized carbons (Fsp3) is 0.300. The number of rotatable bonds is 6. The number of carbonyl (C=O) groups excluding carboxylic acids is 2. The second-order valence-corrected chi connectivity index (χ2v) is 6.24. The molecule has 0 aliphatic carbocycles. The summed E-state index contributed by atoms with van der Waals surface area (Å²) in [6.45, 7) is 5.96. The van der Waals surface area contributed by atoms with E-state index in [9.17, 15) is 9.59 Å². The summed E-state index contributed by atoms with van der Waals surface area (Å²) in [7, 11) is 0. The highest BCUT2D eigenvalue weighted by atomic mass is 16.5. The van der Waals surface area contributed by atoms with E-state index in [1.165, 1.54) is 0 Å². The van der Waals surface area contributed by atoms with Gasteiger partial charge in [0, 0.05) is 0 Å². The molecular weight excluding hydrogens is 316 g/mol. The molecule has 2 amide bonds. The molecule has 0 saturated heterocycles. The molecule has 2 N–H and O–H groups in total. The highest BCUT2D eigenvalue weighted by molar-refractivity contribution is 5.83. The molecule has 0 heterocycles. The molecule has 0 aliphatic rings. The molecule has 2 aromatic rings. The smallest absolute Gasteiger partial charge is 0.276 e. The van der Waals surface area contributed by atoms with Gasteiger partial charge in [-0.3, -0.25) is 20.4 Å². The van der Waals surface area contributed by atoms with Crippen molar-refractivity contribution in [3.63, 3.8) is 0 Å². The van der Waals surface area contributed by atoms with Gasteiger partial charge >= 0.3 is 0 Å². The molecule has 0 aliphatic heterocycles. The van der Waals surface area contributed by atoms with Gasteiger partial charge < -0.3 is 4.74 Å². The van der Waals surface area contributed by atoms with Crippen LogP contribution >= 0.6 is 0 Å². The Morgan fingerprint density at radius 2 is 1.68 bits per heavy atom. The van der Waals surface area contributed by atoms with Gasteiger partial charge in [-0.25, -0.2) is 0 Å². The molecule has 0 atom stereocenters. The Kier molecular flexibility index (Phi) is 6.57. The Hall–Kier alpha value is -2.82. The third kappa shape index (κ3) is 5.95. The third-order valence-electron chi connectivity index (χ3n) is 3.70. The van der Waals surface area contributed by atoms with E-state index in [0.29, 0.717) is 11.7 Å². The zero-order valence-electron chi connectivity index (χ0n) is 14.8. The zero-order chi connectivity index (χ0) is 18.2. The molecule has 2 rings (SSSR count). The molecule has 25 heavy (non-hydrogen) atoms. The van der Waals surface area contributed by atoms with E-state index in [4.69, 9.17) is 4.74 Å². The van der Waals surface area contributed by atoms with Crippen LogP contribution in [-0.4, -0.2) is 18.4 Å². The summed E-state index contributed by atoms with van der Waals surface area (Å²) in [5.74, 6) is 0.306. The van der Waals surface area contributed by atoms with E-state index < -0.39 is 5.91 Å². The van der Waals surface area contributed by atoms with E-state index in [-0.39, 0.29) is 18.9 Å². The molecule has 5 heteroatoms. The Morgan fingerprint density at radius 1 is 1.00 bits per heavy atom. The molecule has 0 spiro atoms. The number of hydrogen-bond donors (Lipinski definition) is 2. The molecule has 0 unspecified atom stereocenters. The van der Waals surface area contributed by atoms with Crippen LogP contribution in [0.2, 0.25) is 0 Å². The molecule has 2 aromatic carbocycles. The summed E-state index contributed by atoms with van der Waals surface area (Å²) >= 11 is 0. The van der Waals surface area contributed by atoms with Crippen LogP contribution in [0.4, 0.5) is 0 Å². The topological polar surface area (TPSA) is 67.4 Å². The number of hydrogen-bond acceptors (Lipinski definition) is 3. The first kappa shape index (κ1) is 18.5. The average molecular weight is 340 g/mol. The molecule has 0 aromatic heterocycles. The molecule has 0 radical (unpaired) electrons. The highest BCUT2D eigenvalue weighted by Gasteiger charge is 2.11. The van der Waals surface area contributed by atoms with Crippen molar-refractivity contribution in [2.75, 3.05) is 6.61 Å². The van der Waals surface area contributed by atoms with Gasteiger partial charge in [-0.1, -0.05) is 56.3 Å². The largest absolute Gasteiger partial charge is 0.483 e. The molecule has 132 valence electrons. The van der Waals surface area contributed by atoms with Gasteiger partial charge in [0.25, 0.3) is 5.91 Å². The van der Waals surface area contributed by atoms with Gasteiger partial charge in [-0.2, -0.15) is 0 Å². The number of ether oxygens (including phenoxy) is 1. The lowest BCUT2D eigenvalue weighted by molar-refractivity contribution is -0.129. The van der Waals surface area contributed by atoms with Gasteiger partial charge in [0.05, 0.1) is 6.42 Å². The van der Waals surface area contributed by atoms with Crippen molar-refractivity contribution in [2.45, 2.75) is 33.1 Å². The quantitative estimate of drug-likeness (QED) is 0.795. The van der Waals surface area contributed by atoms with Gasteiger partial charge in [0.1, 0.15) is 5.75 Å². The number of carbonyl (C=O) groups is 2. The van der Waals surface area contributed by atoms with Gasteiger partial charge in [-0.05, 0) is 35.6 Å². The first-order valence-electron chi connectivity index (χ1n) is 8.30. The van der Waals surface area contributed by atoms with Crippen LogP contribution < -0.4 is 15.6 Å². The van der Waals surface area contributed by atoms with E-state index in [1.807, 2.05) is 55.5 Å². The normalized spacial score (nSPS) is 10.4. The van der Waals surface area contributed by atoms with Crippen molar-refractivity contribution in [3.8, 4) is 5.75 Å². The number of aryl methyl sites for hydroxylation is 1. The Balaban J connectivity index is 1.81. The van der Waals surface area contributed by atoms with Crippen LogP contribution in [-0.2, 0) is 16.0 Å². The third-order valence-corrected chi connectivity index (χ3v) is 3.70. The summed E-state index contributed by atoms with van der Waals surface area (Å²) in [5.41, 5.74) is 7.76. The minimum Gasteiger partial charge on any atom is -0.483 e. The van der Waals surface area contributed by atoms with Gasteiger partial charge in [0.2, 0.25) is 5.91 Å². The fourth-order valence-electron chi connectivity index (χ4n) is 2.39. The number of hydrazine groups is 1. The Morgan fingerprint density at radius 3 is 2.36 bits per heavy atom. The van der Waals surface area contributed by atoms with Gasteiger partial charge in [-0.15, -0.1) is 0 Å². The maximum Gasteiger partial charge on any atom is 0.276 e. The van der Waals surface area contributed by atoms with E-state index >= 15 is 0 Å². The summed E-state index contributed by atoms with van der Waals surface area (Å²) in [6, 6.07) is 15.3. The predicted octanol–water partition coefficient (Wildman–Crippen LogP) is 2.89. The second-order valence-electron chi connectivity index (χ2n) is 6.24. The summed E-state index contributed by atoms with van der Waals surface area (Å²) in [5, 5.41) is 0. The maximum atomic E-state index is 11.9. The van der Waals surface area contributed by atoms with Crippen molar-refractivity contribution >= 4 is 11.8 Å².